The highest BCUT2D eigenvalue weighted by atomic mass is 32.2. The van der Waals surface area contributed by atoms with Crippen LogP contribution in [-0.2, 0) is 0 Å². The van der Waals surface area contributed by atoms with Crippen molar-refractivity contribution in [2.24, 2.45) is 0 Å². The summed E-state index contributed by atoms with van der Waals surface area (Å²) in [6.07, 6.45) is 6.03. The van der Waals surface area contributed by atoms with Crippen LogP contribution in [0.3, 0.4) is 0 Å². The van der Waals surface area contributed by atoms with Crippen LogP contribution < -0.4 is 5.32 Å². The maximum atomic E-state index is 4.62. The van der Waals surface area contributed by atoms with Gasteiger partial charge in [0.05, 0.1) is 0 Å². The van der Waals surface area contributed by atoms with E-state index in [9.17, 15) is 0 Å². The number of anilines is 1. The Morgan fingerprint density at radius 2 is 2.11 bits per heavy atom. The van der Waals surface area contributed by atoms with Crippen LogP contribution >= 0.6 is 11.8 Å². The molecule has 1 aliphatic rings. The van der Waals surface area contributed by atoms with Crippen molar-refractivity contribution in [2.45, 2.75) is 57.2 Å². The highest BCUT2D eigenvalue weighted by Crippen LogP contribution is 2.30. The molecule has 0 bridgehead atoms. The van der Waals surface area contributed by atoms with E-state index in [0.717, 1.165) is 22.6 Å². The Bertz CT molecular complexity index is 406. The minimum atomic E-state index is 0.382. The van der Waals surface area contributed by atoms with Crippen molar-refractivity contribution in [1.82, 2.24) is 9.97 Å². The molecule has 100 valence electrons. The molecule has 18 heavy (non-hydrogen) atoms. The van der Waals surface area contributed by atoms with Crippen molar-refractivity contribution < 1.29 is 0 Å². The third-order valence-electron chi connectivity index (χ3n) is 3.46. The summed E-state index contributed by atoms with van der Waals surface area (Å²) in [7, 11) is 0. The third-order valence-corrected chi connectivity index (χ3v) is 4.55. The van der Waals surface area contributed by atoms with Crippen LogP contribution in [0.25, 0.3) is 0 Å². The Hall–Kier alpha value is -0.770. The fraction of sp³-hybridized carbons (Fsp3) is 0.714. The number of aromatic nitrogens is 2. The number of hydrogen-bond donors (Lipinski definition) is 1. The maximum Gasteiger partial charge on any atom is 0.133 e. The Morgan fingerprint density at radius 1 is 1.33 bits per heavy atom. The number of nitrogens with zero attached hydrogens (tertiary/aromatic N) is 2. The van der Waals surface area contributed by atoms with Gasteiger partial charge in [0.25, 0.3) is 0 Å². The number of rotatable bonds is 4. The van der Waals surface area contributed by atoms with Crippen molar-refractivity contribution in [3.8, 4) is 0 Å². The first-order valence-corrected chi connectivity index (χ1v) is 8.02. The van der Waals surface area contributed by atoms with E-state index in [1.54, 1.807) is 0 Å². The summed E-state index contributed by atoms with van der Waals surface area (Å²) in [6, 6.07) is 2.63. The van der Waals surface area contributed by atoms with Gasteiger partial charge < -0.3 is 5.32 Å². The van der Waals surface area contributed by atoms with E-state index in [2.05, 4.69) is 41.5 Å². The topological polar surface area (TPSA) is 37.8 Å². The summed E-state index contributed by atoms with van der Waals surface area (Å²) < 4.78 is 0. The smallest absolute Gasteiger partial charge is 0.133 e. The van der Waals surface area contributed by atoms with E-state index < -0.39 is 0 Å². The number of nitrogens with one attached hydrogen (secondary N) is 1. The van der Waals surface area contributed by atoms with Gasteiger partial charge in [0.1, 0.15) is 11.6 Å². The summed E-state index contributed by atoms with van der Waals surface area (Å²) in [5.74, 6) is 2.32. The van der Waals surface area contributed by atoms with Crippen molar-refractivity contribution in [3.63, 3.8) is 0 Å². The average molecular weight is 265 g/mol. The first kappa shape index (κ1) is 13.7. The molecule has 1 heterocycles. The summed E-state index contributed by atoms with van der Waals surface area (Å²) >= 11 is 1.99. The second kappa shape index (κ2) is 5.91. The van der Waals surface area contributed by atoms with E-state index in [1.807, 2.05) is 18.7 Å². The maximum absolute atomic E-state index is 4.62. The largest absolute Gasteiger partial charge is 0.367 e. The molecule has 0 spiro atoms. The first-order valence-electron chi connectivity index (χ1n) is 6.73. The number of aryl methyl sites for hydroxylation is 1. The molecule has 0 radical (unpaired) electrons. The molecular weight excluding hydrogens is 242 g/mol. The zero-order chi connectivity index (χ0) is 13.1. The standard InChI is InChI=1S/C14H23N3S/c1-9(2)14-15-10(3)7-13(17-14)16-11-5-6-12(8-11)18-4/h7,9,11-12H,5-6,8H2,1-4H3,(H,15,16,17). The predicted octanol–water partition coefficient (Wildman–Crippen LogP) is 3.60. The molecule has 1 saturated carbocycles. The van der Waals surface area contributed by atoms with E-state index in [4.69, 9.17) is 0 Å². The monoisotopic (exact) mass is 265 g/mol. The first-order chi connectivity index (χ1) is 8.58. The Kier molecular flexibility index (Phi) is 4.49. The van der Waals surface area contributed by atoms with Crippen LogP contribution in [0.15, 0.2) is 6.07 Å². The molecule has 2 rings (SSSR count). The zero-order valence-electron chi connectivity index (χ0n) is 11.7. The van der Waals surface area contributed by atoms with Gasteiger partial charge in [0, 0.05) is 29.0 Å². The van der Waals surface area contributed by atoms with Crippen LogP contribution in [-0.4, -0.2) is 27.5 Å². The second-order valence-corrected chi connectivity index (χ2v) is 6.56. The van der Waals surface area contributed by atoms with Gasteiger partial charge in [0.15, 0.2) is 0 Å². The van der Waals surface area contributed by atoms with Crippen molar-refractivity contribution in [3.05, 3.63) is 17.6 Å². The van der Waals surface area contributed by atoms with Gasteiger partial charge in [-0.05, 0) is 32.4 Å². The SMILES string of the molecule is CSC1CCC(Nc2cc(C)nc(C(C)C)n2)C1. The molecule has 0 aromatic carbocycles. The van der Waals surface area contributed by atoms with Crippen LogP contribution in [0, 0.1) is 6.92 Å². The zero-order valence-corrected chi connectivity index (χ0v) is 12.5. The van der Waals surface area contributed by atoms with Crippen LogP contribution in [0.4, 0.5) is 5.82 Å². The molecule has 2 atom stereocenters. The van der Waals surface area contributed by atoms with E-state index in [0.29, 0.717) is 12.0 Å². The fourth-order valence-corrected chi connectivity index (χ4v) is 3.21. The highest BCUT2D eigenvalue weighted by Gasteiger charge is 2.24. The van der Waals surface area contributed by atoms with Crippen molar-refractivity contribution in [2.75, 3.05) is 11.6 Å². The van der Waals surface area contributed by atoms with Crippen LogP contribution in [0.5, 0.6) is 0 Å². The lowest BCUT2D eigenvalue weighted by Gasteiger charge is -2.15. The van der Waals surface area contributed by atoms with Gasteiger partial charge in [0.2, 0.25) is 0 Å². The molecule has 1 N–H and O–H groups in total. The Balaban J connectivity index is 2.05. The average Bonchev–Trinajstić information content (AvgIpc) is 2.76. The highest BCUT2D eigenvalue weighted by molar-refractivity contribution is 7.99. The van der Waals surface area contributed by atoms with E-state index in [-0.39, 0.29) is 0 Å². The molecule has 1 fully saturated rings. The summed E-state index contributed by atoms with van der Waals surface area (Å²) in [4.78, 5) is 9.10. The lowest BCUT2D eigenvalue weighted by molar-refractivity contribution is 0.732. The summed E-state index contributed by atoms with van der Waals surface area (Å²) in [6.45, 7) is 6.31. The number of thioether (sulfide) groups is 1. The quantitative estimate of drug-likeness (QED) is 0.902. The third kappa shape index (κ3) is 3.37. The molecule has 1 aromatic rings. The van der Waals surface area contributed by atoms with Gasteiger partial charge in [-0.25, -0.2) is 9.97 Å². The molecule has 0 aliphatic heterocycles. The second-order valence-electron chi connectivity index (χ2n) is 5.42. The van der Waals surface area contributed by atoms with Crippen molar-refractivity contribution >= 4 is 17.6 Å². The van der Waals surface area contributed by atoms with Gasteiger partial charge in [-0.15, -0.1) is 0 Å². The molecular formula is C14H23N3S. The Morgan fingerprint density at radius 3 is 2.72 bits per heavy atom. The van der Waals surface area contributed by atoms with Gasteiger partial charge >= 0.3 is 0 Å². The molecule has 1 aliphatic carbocycles. The summed E-state index contributed by atoms with van der Waals surface area (Å²) in [5.41, 5.74) is 1.05. The Labute approximate surface area is 114 Å². The summed E-state index contributed by atoms with van der Waals surface area (Å²) in [5, 5.41) is 4.39. The molecule has 2 unspecified atom stereocenters. The van der Waals surface area contributed by atoms with E-state index in [1.165, 1.54) is 19.3 Å². The normalized spacial score (nSPS) is 23.6. The van der Waals surface area contributed by atoms with E-state index >= 15 is 0 Å². The van der Waals surface area contributed by atoms with Crippen molar-refractivity contribution in [1.29, 1.82) is 0 Å². The molecule has 3 nitrogen and oxygen atoms in total. The minimum Gasteiger partial charge on any atom is -0.367 e. The molecule has 1 aromatic heterocycles. The lowest BCUT2D eigenvalue weighted by atomic mass is 10.2. The van der Waals surface area contributed by atoms with Gasteiger partial charge in [-0.1, -0.05) is 13.8 Å². The van der Waals surface area contributed by atoms with Crippen LogP contribution in [0.1, 0.15) is 50.5 Å². The van der Waals surface area contributed by atoms with Crippen LogP contribution in [0.2, 0.25) is 0 Å². The molecule has 0 saturated heterocycles. The fourth-order valence-electron chi connectivity index (χ4n) is 2.42. The lowest BCUT2D eigenvalue weighted by Crippen LogP contribution is -2.18. The number of hydrogen-bond acceptors (Lipinski definition) is 4. The van der Waals surface area contributed by atoms with Gasteiger partial charge in [-0.3, -0.25) is 0 Å². The van der Waals surface area contributed by atoms with Gasteiger partial charge in [-0.2, -0.15) is 11.8 Å². The predicted molar refractivity (Wildman–Crippen MR) is 79.4 cm³/mol. The minimum absolute atomic E-state index is 0.382. The molecule has 0 amide bonds. The molecule has 4 heteroatoms.